The van der Waals surface area contributed by atoms with Gasteiger partial charge in [0.1, 0.15) is 5.75 Å². The van der Waals surface area contributed by atoms with E-state index in [1.165, 1.54) is 19.3 Å². The second-order valence-electron chi connectivity index (χ2n) is 7.48. The van der Waals surface area contributed by atoms with Crippen LogP contribution in [0.5, 0.6) is 17.2 Å². The molecule has 1 heterocycles. The third kappa shape index (κ3) is 3.53. The number of fused-ring (bicyclic) bond motifs is 1. The summed E-state index contributed by atoms with van der Waals surface area (Å²) in [6.45, 7) is 8.10. The molecule has 3 nitrogen and oxygen atoms in total. The molecule has 1 aliphatic heterocycles. The van der Waals surface area contributed by atoms with Crippen molar-refractivity contribution in [2.45, 2.75) is 44.9 Å². The largest absolute Gasteiger partial charge is 0.493 e. The van der Waals surface area contributed by atoms with Gasteiger partial charge in [-0.3, -0.25) is 0 Å². The van der Waals surface area contributed by atoms with Crippen molar-refractivity contribution in [1.29, 1.82) is 0 Å². The van der Waals surface area contributed by atoms with Crippen molar-refractivity contribution in [2.75, 3.05) is 13.4 Å². The molecular formula is C18H25BrO3. The van der Waals surface area contributed by atoms with Crippen molar-refractivity contribution in [2.24, 2.45) is 17.3 Å². The van der Waals surface area contributed by atoms with E-state index in [0.29, 0.717) is 23.0 Å². The summed E-state index contributed by atoms with van der Waals surface area (Å²) >= 11 is 3.85. The Hall–Kier alpha value is -0.900. The number of ether oxygens (including phenoxy) is 3. The molecule has 0 N–H and O–H groups in total. The summed E-state index contributed by atoms with van der Waals surface area (Å²) in [5.74, 6) is 3.78. The summed E-state index contributed by atoms with van der Waals surface area (Å²) in [4.78, 5) is 0.556. The fourth-order valence-electron chi connectivity index (χ4n) is 3.36. The first kappa shape index (κ1) is 16.0. The van der Waals surface area contributed by atoms with Gasteiger partial charge in [0.25, 0.3) is 0 Å². The lowest BCUT2D eigenvalue weighted by Crippen LogP contribution is -2.35. The number of alkyl halides is 1. The van der Waals surface area contributed by atoms with Crippen molar-refractivity contribution in [3.63, 3.8) is 0 Å². The lowest BCUT2D eigenvalue weighted by atomic mass is 9.69. The molecule has 1 fully saturated rings. The molecule has 1 aromatic carbocycles. The van der Waals surface area contributed by atoms with Crippen LogP contribution in [0.4, 0.5) is 0 Å². The van der Waals surface area contributed by atoms with Gasteiger partial charge in [0, 0.05) is 16.8 Å². The molecule has 1 aromatic rings. The van der Waals surface area contributed by atoms with Gasteiger partial charge >= 0.3 is 0 Å². The predicted octanol–water partition coefficient (Wildman–Crippen LogP) is 5.02. The molecule has 0 unspecified atom stereocenters. The highest BCUT2D eigenvalue weighted by molar-refractivity contribution is 9.09. The third-order valence-electron chi connectivity index (χ3n) is 4.92. The fourth-order valence-corrected chi connectivity index (χ4v) is 3.99. The number of hydrogen-bond donors (Lipinski definition) is 0. The molecule has 0 saturated heterocycles. The monoisotopic (exact) mass is 368 g/mol. The predicted molar refractivity (Wildman–Crippen MR) is 91.1 cm³/mol. The number of benzene rings is 1. The van der Waals surface area contributed by atoms with Crippen molar-refractivity contribution in [1.82, 2.24) is 0 Å². The van der Waals surface area contributed by atoms with E-state index in [0.717, 1.165) is 29.8 Å². The summed E-state index contributed by atoms with van der Waals surface area (Å²) in [5, 5.41) is 0. The van der Waals surface area contributed by atoms with Crippen molar-refractivity contribution in [3.05, 3.63) is 18.2 Å². The van der Waals surface area contributed by atoms with Crippen molar-refractivity contribution in [3.8, 4) is 17.2 Å². The van der Waals surface area contributed by atoms with Crippen LogP contribution in [0.3, 0.4) is 0 Å². The van der Waals surface area contributed by atoms with Crippen LogP contribution in [-0.2, 0) is 0 Å². The third-order valence-corrected chi connectivity index (χ3v) is 6.13. The Morgan fingerprint density at radius 3 is 2.73 bits per heavy atom. The first-order chi connectivity index (χ1) is 10.4. The number of halogens is 1. The van der Waals surface area contributed by atoms with Crippen LogP contribution in [0.15, 0.2) is 18.2 Å². The molecule has 3 rings (SSSR count). The zero-order valence-electron chi connectivity index (χ0n) is 13.6. The molecule has 0 aromatic heterocycles. The van der Waals surface area contributed by atoms with Crippen molar-refractivity contribution < 1.29 is 14.2 Å². The smallest absolute Gasteiger partial charge is 0.231 e. The Balaban J connectivity index is 1.60. The van der Waals surface area contributed by atoms with Crippen molar-refractivity contribution >= 4 is 15.9 Å². The standard InChI is InChI=1S/C18H25BrO3/c1-18(2,3)13-4-6-15(19)12(8-13)10-20-14-5-7-16-17(9-14)22-11-21-16/h5,7,9,12-13,15H,4,6,8,10-11H2,1-3H3/t12-,13+,15-/m0/s1. The maximum Gasteiger partial charge on any atom is 0.231 e. The Bertz CT molecular complexity index is 524. The summed E-state index contributed by atoms with van der Waals surface area (Å²) in [5.41, 5.74) is 0.379. The van der Waals surface area contributed by atoms with E-state index >= 15 is 0 Å². The maximum absolute atomic E-state index is 6.04. The Labute approximate surface area is 141 Å². The van der Waals surface area contributed by atoms with Gasteiger partial charge in [-0.25, -0.2) is 0 Å². The van der Waals surface area contributed by atoms with E-state index in [1.807, 2.05) is 18.2 Å². The summed E-state index contributed by atoms with van der Waals surface area (Å²) < 4.78 is 16.8. The molecule has 0 radical (unpaired) electrons. The van der Waals surface area contributed by atoms with Crippen LogP contribution in [0.25, 0.3) is 0 Å². The summed E-state index contributed by atoms with van der Waals surface area (Å²) in [6.07, 6.45) is 3.76. The summed E-state index contributed by atoms with van der Waals surface area (Å²) in [7, 11) is 0. The molecular weight excluding hydrogens is 344 g/mol. The van der Waals surface area contributed by atoms with Gasteiger partial charge in [0.2, 0.25) is 6.79 Å². The minimum Gasteiger partial charge on any atom is -0.493 e. The molecule has 3 atom stereocenters. The van der Waals surface area contributed by atoms with Gasteiger partial charge in [-0.2, -0.15) is 0 Å². The van der Waals surface area contributed by atoms with Crippen LogP contribution in [0, 0.1) is 17.3 Å². The Morgan fingerprint density at radius 2 is 1.95 bits per heavy atom. The number of hydrogen-bond acceptors (Lipinski definition) is 3. The van der Waals surface area contributed by atoms with Gasteiger partial charge in [-0.15, -0.1) is 0 Å². The highest BCUT2D eigenvalue weighted by Crippen LogP contribution is 2.43. The van der Waals surface area contributed by atoms with Crippen LogP contribution in [0.2, 0.25) is 0 Å². The van der Waals surface area contributed by atoms with E-state index in [9.17, 15) is 0 Å². The second-order valence-corrected chi connectivity index (χ2v) is 8.65. The quantitative estimate of drug-likeness (QED) is 0.701. The van der Waals surface area contributed by atoms with Gasteiger partial charge < -0.3 is 14.2 Å². The van der Waals surface area contributed by atoms with Gasteiger partial charge in [0.15, 0.2) is 11.5 Å². The molecule has 2 aliphatic rings. The molecule has 4 heteroatoms. The molecule has 1 aliphatic carbocycles. The van der Waals surface area contributed by atoms with E-state index < -0.39 is 0 Å². The van der Waals surface area contributed by atoms with Gasteiger partial charge in [-0.05, 0) is 42.7 Å². The van der Waals surface area contributed by atoms with Gasteiger partial charge in [-0.1, -0.05) is 36.7 Å². The van der Waals surface area contributed by atoms with Gasteiger partial charge in [0.05, 0.1) is 6.61 Å². The minimum absolute atomic E-state index is 0.304. The zero-order chi connectivity index (χ0) is 15.7. The van der Waals surface area contributed by atoms with Crippen LogP contribution < -0.4 is 14.2 Å². The first-order valence-electron chi connectivity index (χ1n) is 8.10. The van der Waals surface area contributed by atoms with E-state index in [4.69, 9.17) is 14.2 Å². The minimum atomic E-state index is 0.304. The molecule has 0 spiro atoms. The number of rotatable bonds is 3. The maximum atomic E-state index is 6.04. The normalized spacial score (nSPS) is 27.7. The Morgan fingerprint density at radius 1 is 1.18 bits per heavy atom. The van der Waals surface area contributed by atoms with E-state index in [1.54, 1.807) is 0 Å². The highest BCUT2D eigenvalue weighted by Gasteiger charge is 2.35. The van der Waals surface area contributed by atoms with E-state index in [2.05, 4.69) is 36.7 Å². The average Bonchev–Trinajstić information content (AvgIpc) is 2.92. The molecule has 122 valence electrons. The molecule has 22 heavy (non-hydrogen) atoms. The topological polar surface area (TPSA) is 27.7 Å². The van der Waals surface area contributed by atoms with E-state index in [-0.39, 0.29) is 0 Å². The summed E-state index contributed by atoms with van der Waals surface area (Å²) in [6, 6.07) is 5.80. The van der Waals surface area contributed by atoms with Crippen LogP contribution >= 0.6 is 15.9 Å². The second kappa shape index (κ2) is 6.31. The molecule has 0 amide bonds. The lowest BCUT2D eigenvalue weighted by Gasteiger charge is -2.40. The first-order valence-corrected chi connectivity index (χ1v) is 9.01. The average molecular weight is 369 g/mol. The van der Waals surface area contributed by atoms with Crippen LogP contribution in [0.1, 0.15) is 40.0 Å². The molecule has 1 saturated carbocycles. The fraction of sp³-hybridized carbons (Fsp3) is 0.667. The Kier molecular flexibility index (Phi) is 4.58. The lowest BCUT2D eigenvalue weighted by molar-refractivity contribution is 0.116. The highest BCUT2D eigenvalue weighted by atomic mass is 79.9. The molecule has 0 bridgehead atoms. The zero-order valence-corrected chi connectivity index (χ0v) is 15.2. The SMILES string of the molecule is CC(C)(C)[C@@H]1CC[C@H](Br)[C@H](COc2ccc3c(c2)OCO3)C1. The van der Waals surface area contributed by atoms with Crippen LogP contribution in [-0.4, -0.2) is 18.2 Å².